The summed E-state index contributed by atoms with van der Waals surface area (Å²) in [7, 11) is -4.01. The van der Waals surface area contributed by atoms with E-state index in [0.717, 1.165) is 19.2 Å². The number of hydrogen-bond acceptors (Lipinski definition) is 4. The van der Waals surface area contributed by atoms with Crippen molar-refractivity contribution in [2.75, 3.05) is 30.9 Å². The SMILES string of the molecule is CCN(CC)CCNC(=O)c1cccc(S(=O)(=O)Nc2ccccc2F)c1. The van der Waals surface area contributed by atoms with Crippen molar-refractivity contribution in [1.82, 2.24) is 10.2 Å². The average molecular weight is 393 g/mol. The molecule has 0 heterocycles. The Morgan fingerprint density at radius 2 is 1.78 bits per heavy atom. The molecule has 0 aliphatic heterocycles. The molecule has 8 heteroatoms. The van der Waals surface area contributed by atoms with Crippen molar-refractivity contribution in [3.8, 4) is 0 Å². The highest BCUT2D eigenvalue weighted by atomic mass is 32.2. The average Bonchev–Trinajstić information content (AvgIpc) is 2.67. The summed E-state index contributed by atoms with van der Waals surface area (Å²) in [5.41, 5.74) is 0.0810. The minimum Gasteiger partial charge on any atom is -0.351 e. The van der Waals surface area contributed by atoms with Gasteiger partial charge in [0.15, 0.2) is 0 Å². The maximum atomic E-state index is 13.7. The summed E-state index contributed by atoms with van der Waals surface area (Å²) in [4.78, 5) is 14.3. The van der Waals surface area contributed by atoms with Crippen molar-refractivity contribution in [3.63, 3.8) is 0 Å². The van der Waals surface area contributed by atoms with Gasteiger partial charge in [-0.15, -0.1) is 0 Å². The predicted octanol–water partition coefficient (Wildman–Crippen LogP) is 2.70. The zero-order valence-corrected chi connectivity index (χ0v) is 16.2. The predicted molar refractivity (Wildman–Crippen MR) is 104 cm³/mol. The zero-order chi connectivity index (χ0) is 19.9. The Bertz CT molecular complexity index is 883. The van der Waals surface area contributed by atoms with Crippen LogP contribution in [-0.4, -0.2) is 45.4 Å². The molecule has 0 fully saturated rings. The lowest BCUT2D eigenvalue weighted by atomic mass is 10.2. The van der Waals surface area contributed by atoms with E-state index < -0.39 is 15.8 Å². The van der Waals surface area contributed by atoms with Crippen LogP contribution in [0, 0.1) is 5.82 Å². The van der Waals surface area contributed by atoms with Gasteiger partial charge in [0.25, 0.3) is 15.9 Å². The third kappa shape index (κ3) is 5.77. The summed E-state index contributed by atoms with van der Waals surface area (Å²) in [6.45, 7) is 7.05. The molecule has 27 heavy (non-hydrogen) atoms. The Kier molecular flexibility index (Phi) is 7.32. The molecular formula is C19H24FN3O3S. The van der Waals surface area contributed by atoms with Crippen molar-refractivity contribution >= 4 is 21.6 Å². The third-order valence-electron chi connectivity index (χ3n) is 4.13. The lowest BCUT2D eigenvalue weighted by Crippen LogP contribution is -2.34. The number of carbonyl (C=O) groups excluding carboxylic acids is 1. The molecule has 0 aliphatic rings. The van der Waals surface area contributed by atoms with Gasteiger partial charge in [0.05, 0.1) is 10.6 Å². The molecular weight excluding hydrogens is 369 g/mol. The Labute approximate surface area is 159 Å². The van der Waals surface area contributed by atoms with Crippen LogP contribution in [0.3, 0.4) is 0 Å². The largest absolute Gasteiger partial charge is 0.351 e. The van der Waals surface area contributed by atoms with Crippen molar-refractivity contribution in [1.29, 1.82) is 0 Å². The molecule has 0 spiro atoms. The molecule has 0 bridgehead atoms. The van der Waals surface area contributed by atoms with Crippen LogP contribution in [0.5, 0.6) is 0 Å². The molecule has 0 unspecified atom stereocenters. The molecule has 0 aromatic heterocycles. The van der Waals surface area contributed by atoms with Gasteiger partial charge in [0, 0.05) is 18.7 Å². The standard InChI is InChI=1S/C19H24FN3O3S/c1-3-23(4-2)13-12-21-19(24)15-8-7-9-16(14-15)27(25,26)22-18-11-6-5-10-17(18)20/h5-11,14,22H,3-4,12-13H2,1-2H3,(H,21,24). The van der Waals surface area contributed by atoms with Crippen molar-refractivity contribution in [3.05, 3.63) is 59.9 Å². The summed E-state index contributed by atoms with van der Waals surface area (Å²) >= 11 is 0. The Balaban J connectivity index is 2.09. The highest BCUT2D eigenvalue weighted by molar-refractivity contribution is 7.92. The minimum absolute atomic E-state index is 0.109. The molecule has 0 saturated carbocycles. The van der Waals surface area contributed by atoms with Crippen LogP contribution in [0.2, 0.25) is 0 Å². The summed E-state index contributed by atoms with van der Waals surface area (Å²) < 4.78 is 40.9. The van der Waals surface area contributed by atoms with Crippen LogP contribution >= 0.6 is 0 Å². The van der Waals surface area contributed by atoms with Crippen LogP contribution in [0.15, 0.2) is 53.4 Å². The molecule has 1 amide bonds. The van der Waals surface area contributed by atoms with Crippen LogP contribution in [-0.2, 0) is 10.0 Å². The summed E-state index contributed by atoms with van der Waals surface area (Å²) in [5.74, 6) is -1.03. The van der Waals surface area contributed by atoms with Gasteiger partial charge in [-0.2, -0.15) is 0 Å². The first-order valence-electron chi connectivity index (χ1n) is 8.75. The number of sulfonamides is 1. The molecule has 146 valence electrons. The third-order valence-corrected chi connectivity index (χ3v) is 5.50. The number of nitrogens with zero attached hydrogens (tertiary/aromatic N) is 1. The van der Waals surface area contributed by atoms with Gasteiger partial charge in [-0.1, -0.05) is 32.0 Å². The fraction of sp³-hybridized carbons (Fsp3) is 0.316. The molecule has 0 atom stereocenters. The second kappa shape index (κ2) is 9.48. The van der Waals surface area contributed by atoms with Crippen molar-refractivity contribution in [2.24, 2.45) is 0 Å². The topological polar surface area (TPSA) is 78.5 Å². The zero-order valence-electron chi connectivity index (χ0n) is 15.4. The van der Waals surface area contributed by atoms with E-state index in [2.05, 4.69) is 14.9 Å². The monoisotopic (exact) mass is 393 g/mol. The van der Waals surface area contributed by atoms with Gasteiger partial charge in [-0.3, -0.25) is 9.52 Å². The van der Waals surface area contributed by atoms with E-state index in [1.54, 1.807) is 0 Å². The maximum absolute atomic E-state index is 13.7. The van der Waals surface area contributed by atoms with Crippen LogP contribution < -0.4 is 10.0 Å². The van der Waals surface area contributed by atoms with E-state index in [1.165, 1.54) is 42.5 Å². The van der Waals surface area contributed by atoms with Gasteiger partial charge < -0.3 is 10.2 Å². The van der Waals surface area contributed by atoms with E-state index in [0.29, 0.717) is 13.1 Å². The minimum atomic E-state index is -4.01. The number of para-hydroxylation sites is 1. The second-order valence-corrected chi connectivity index (χ2v) is 7.58. The summed E-state index contributed by atoms with van der Waals surface area (Å²) in [6.07, 6.45) is 0. The number of nitrogens with one attached hydrogen (secondary N) is 2. The molecule has 0 saturated heterocycles. The Hall–Kier alpha value is -2.45. The molecule has 6 nitrogen and oxygen atoms in total. The van der Waals surface area contributed by atoms with Crippen molar-refractivity contribution in [2.45, 2.75) is 18.7 Å². The number of likely N-dealkylation sites (N-methyl/N-ethyl adjacent to an activating group) is 1. The molecule has 0 radical (unpaired) electrons. The normalized spacial score (nSPS) is 11.4. The van der Waals surface area contributed by atoms with E-state index in [-0.39, 0.29) is 22.1 Å². The maximum Gasteiger partial charge on any atom is 0.262 e. The fourth-order valence-corrected chi connectivity index (χ4v) is 3.63. The van der Waals surface area contributed by atoms with Crippen LogP contribution in [0.25, 0.3) is 0 Å². The number of benzene rings is 2. The highest BCUT2D eigenvalue weighted by Crippen LogP contribution is 2.19. The molecule has 2 N–H and O–H groups in total. The van der Waals surface area contributed by atoms with Gasteiger partial charge in [0.1, 0.15) is 5.82 Å². The lowest BCUT2D eigenvalue weighted by molar-refractivity contribution is 0.0948. The lowest BCUT2D eigenvalue weighted by Gasteiger charge is -2.18. The van der Waals surface area contributed by atoms with E-state index in [9.17, 15) is 17.6 Å². The smallest absolute Gasteiger partial charge is 0.262 e. The van der Waals surface area contributed by atoms with E-state index in [4.69, 9.17) is 0 Å². The number of amides is 1. The number of anilines is 1. The second-order valence-electron chi connectivity index (χ2n) is 5.90. The summed E-state index contributed by atoms with van der Waals surface area (Å²) in [5, 5.41) is 2.78. The number of halogens is 1. The Morgan fingerprint density at radius 3 is 2.44 bits per heavy atom. The molecule has 2 aromatic carbocycles. The Morgan fingerprint density at radius 1 is 1.07 bits per heavy atom. The number of carbonyl (C=O) groups is 1. The number of rotatable bonds is 9. The first-order chi connectivity index (χ1) is 12.9. The quantitative estimate of drug-likeness (QED) is 0.687. The first kappa shape index (κ1) is 20.9. The number of hydrogen-bond donors (Lipinski definition) is 2. The van der Waals surface area contributed by atoms with Gasteiger partial charge in [0.2, 0.25) is 0 Å². The molecule has 2 aromatic rings. The molecule has 2 rings (SSSR count). The fourth-order valence-electron chi connectivity index (χ4n) is 2.52. The van der Waals surface area contributed by atoms with Gasteiger partial charge in [-0.25, -0.2) is 12.8 Å². The van der Waals surface area contributed by atoms with Gasteiger partial charge >= 0.3 is 0 Å². The first-order valence-corrected chi connectivity index (χ1v) is 10.2. The van der Waals surface area contributed by atoms with Crippen molar-refractivity contribution < 1.29 is 17.6 Å². The van der Waals surface area contributed by atoms with Gasteiger partial charge in [-0.05, 0) is 43.4 Å². The highest BCUT2D eigenvalue weighted by Gasteiger charge is 2.18. The molecule has 0 aliphatic carbocycles. The summed E-state index contributed by atoms with van der Waals surface area (Å²) in [6, 6.07) is 11.1. The van der Waals surface area contributed by atoms with E-state index >= 15 is 0 Å². The van der Waals surface area contributed by atoms with Crippen LogP contribution in [0.4, 0.5) is 10.1 Å². The van der Waals surface area contributed by atoms with Crippen LogP contribution in [0.1, 0.15) is 24.2 Å². The van der Waals surface area contributed by atoms with E-state index in [1.807, 2.05) is 13.8 Å².